The molecule has 1 unspecified atom stereocenters. The summed E-state index contributed by atoms with van der Waals surface area (Å²) >= 11 is 6.13. The summed E-state index contributed by atoms with van der Waals surface area (Å²) in [4.78, 5) is 0. The summed E-state index contributed by atoms with van der Waals surface area (Å²) in [5.74, 6) is 0.653. The zero-order chi connectivity index (χ0) is 14.1. The van der Waals surface area contributed by atoms with Crippen molar-refractivity contribution in [3.8, 4) is 5.75 Å². The van der Waals surface area contributed by atoms with Gasteiger partial charge in [-0.05, 0) is 47.4 Å². The number of halogens is 2. The fraction of sp³-hybridized carbons (Fsp3) is 0.250. The van der Waals surface area contributed by atoms with Crippen LogP contribution in [-0.4, -0.2) is 6.61 Å². The predicted octanol–water partition coefficient (Wildman–Crippen LogP) is 3.66. The first-order chi connectivity index (χ1) is 9.63. The van der Waals surface area contributed by atoms with E-state index in [2.05, 4.69) is 0 Å². The Hall–Kier alpha value is -1.58. The molecule has 4 heteroatoms. The van der Waals surface area contributed by atoms with E-state index in [0.717, 1.165) is 28.9 Å². The van der Waals surface area contributed by atoms with Crippen LogP contribution in [0.15, 0.2) is 36.4 Å². The molecule has 0 radical (unpaired) electrons. The first-order valence-corrected chi connectivity index (χ1v) is 6.96. The molecule has 0 fully saturated rings. The zero-order valence-electron chi connectivity index (χ0n) is 10.9. The lowest BCUT2D eigenvalue weighted by Crippen LogP contribution is -2.13. The van der Waals surface area contributed by atoms with Crippen molar-refractivity contribution in [2.45, 2.75) is 18.9 Å². The van der Waals surface area contributed by atoms with Crippen LogP contribution in [0.5, 0.6) is 5.75 Å². The van der Waals surface area contributed by atoms with Crippen molar-refractivity contribution >= 4 is 11.6 Å². The van der Waals surface area contributed by atoms with Crippen LogP contribution in [0.25, 0.3) is 0 Å². The Balaban J connectivity index is 1.86. The molecule has 0 aliphatic carbocycles. The lowest BCUT2D eigenvalue weighted by atomic mass is 9.97. The van der Waals surface area contributed by atoms with E-state index in [1.165, 1.54) is 12.1 Å². The van der Waals surface area contributed by atoms with Crippen LogP contribution in [0, 0.1) is 5.82 Å². The second kappa shape index (κ2) is 5.43. The van der Waals surface area contributed by atoms with Crippen LogP contribution in [0.4, 0.5) is 4.39 Å². The van der Waals surface area contributed by atoms with Crippen molar-refractivity contribution in [2.75, 3.05) is 6.61 Å². The number of hydrogen-bond acceptors (Lipinski definition) is 2. The van der Waals surface area contributed by atoms with E-state index in [4.69, 9.17) is 22.1 Å². The summed E-state index contributed by atoms with van der Waals surface area (Å²) in [5.41, 5.74) is 9.25. The first-order valence-electron chi connectivity index (χ1n) is 6.58. The molecule has 2 nitrogen and oxygen atoms in total. The van der Waals surface area contributed by atoms with Crippen molar-refractivity contribution in [3.63, 3.8) is 0 Å². The van der Waals surface area contributed by atoms with Gasteiger partial charge < -0.3 is 10.5 Å². The first kappa shape index (κ1) is 13.4. The van der Waals surface area contributed by atoms with Crippen molar-refractivity contribution < 1.29 is 9.13 Å². The maximum Gasteiger partial charge on any atom is 0.125 e. The third-order valence-corrected chi connectivity index (χ3v) is 3.78. The molecule has 1 atom stereocenters. The predicted molar refractivity (Wildman–Crippen MR) is 77.7 cm³/mol. The van der Waals surface area contributed by atoms with Crippen LogP contribution >= 0.6 is 11.6 Å². The summed E-state index contributed by atoms with van der Waals surface area (Å²) in [5, 5.41) is 0.704. The van der Waals surface area contributed by atoms with E-state index in [1.807, 2.05) is 12.1 Å². The number of fused-ring (bicyclic) bond motifs is 1. The minimum Gasteiger partial charge on any atom is -0.493 e. The minimum atomic E-state index is -0.257. The Kier molecular flexibility index (Phi) is 3.64. The van der Waals surface area contributed by atoms with E-state index in [1.54, 1.807) is 12.1 Å². The summed E-state index contributed by atoms with van der Waals surface area (Å²) in [6, 6.07) is 9.91. The van der Waals surface area contributed by atoms with Crippen LogP contribution in [0.2, 0.25) is 5.02 Å². The Morgan fingerprint density at radius 3 is 2.75 bits per heavy atom. The lowest BCUT2D eigenvalue weighted by molar-refractivity contribution is 0.352. The Morgan fingerprint density at radius 2 is 2.00 bits per heavy atom. The molecule has 1 aliphatic rings. The van der Waals surface area contributed by atoms with Gasteiger partial charge in [0.25, 0.3) is 0 Å². The third kappa shape index (κ3) is 2.65. The molecule has 0 saturated heterocycles. The maximum atomic E-state index is 12.9. The number of hydrogen-bond donors (Lipinski definition) is 1. The lowest BCUT2D eigenvalue weighted by Gasteiger charge is -2.15. The Labute approximate surface area is 122 Å². The molecule has 1 heterocycles. The standard InChI is InChI=1S/C16H15ClFNO/c17-13-7-11-5-6-20-16(11)12(8-13)9-15(19)10-1-3-14(18)4-2-10/h1-4,7-8,15H,5-6,9,19H2. The molecule has 20 heavy (non-hydrogen) atoms. The smallest absolute Gasteiger partial charge is 0.125 e. The van der Waals surface area contributed by atoms with Gasteiger partial charge in [0, 0.05) is 17.5 Å². The third-order valence-electron chi connectivity index (χ3n) is 3.56. The van der Waals surface area contributed by atoms with E-state index < -0.39 is 0 Å². The fourth-order valence-electron chi connectivity index (χ4n) is 2.56. The highest BCUT2D eigenvalue weighted by molar-refractivity contribution is 6.30. The number of nitrogens with two attached hydrogens (primary N) is 1. The van der Waals surface area contributed by atoms with Crippen molar-refractivity contribution in [3.05, 3.63) is 63.9 Å². The van der Waals surface area contributed by atoms with Gasteiger partial charge in [0.1, 0.15) is 11.6 Å². The molecule has 104 valence electrons. The van der Waals surface area contributed by atoms with Crippen LogP contribution in [0.1, 0.15) is 22.7 Å². The summed E-state index contributed by atoms with van der Waals surface area (Å²) in [7, 11) is 0. The van der Waals surface area contributed by atoms with Crippen LogP contribution < -0.4 is 10.5 Å². The van der Waals surface area contributed by atoms with Gasteiger partial charge in [0.2, 0.25) is 0 Å². The molecular weight excluding hydrogens is 277 g/mol. The van der Waals surface area contributed by atoms with Gasteiger partial charge in [0.05, 0.1) is 6.61 Å². The van der Waals surface area contributed by atoms with Gasteiger partial charge in [-0.2, -0.15) is 0 Å². The van der Waals surface area contributed by atoms with Gasteiger partial charge in [0.15, 0.2) is 0 Å². The summed E-state index contributed by atoms with van der Waals surface area (Å²) < 4.78 is 18.6. The second-order valence-electron chi connectivity index (χ2n) is 5.01. The monoisotopic (exact) mass is 291 g/mol. The molecule has 3 rings (SSSR count). The molecule has 0 spiro atoms. The molecule has 2 aromatic rings. The quantitative estimate of drug-likeness (QED) is 0.937. The average molecular weight is 292 g/mol. The molecule has 1 aliphatic heterocycles. The highest BCUT2D eigenvalue weighted by Crippen LogP contribution is 2.34. The zero-order valence-corrected chi connectivity index (χ0v) is 11.7. The topological polar surface area (TPSA) is 35.2 Å². The number of ether oxygens (including phenoxy) is 1. The summed E-state index contributed by atoms with van der Waals surface area (Å²) in [6.07, 6.45) is 1.50. The average Bonchev–Trinajstić information content (AvgIpc) is 2.87. The van der Waals surface area contributed by atoms with E-state index in [-0.39, 0.29) is 11.9 Å². The van der Waals surface area contributed by atoms with Gasteiger partial charge in [-0.3, -0.25) is 0 Å². The van der Waals surface area contributed by atoms with Gasteiger partial charge >= 0.3 is 0 Å². The highest BCUT2D eigenvalue weighted by Gasteiger charge is 2.19. The van der Waals surface area contributed by atoms with Crippen molar-refractivity contribution in [1.82, 2.24) is 0 Å². The van der Waals surface area contributed by atoms with E-state index in [9.17, 15) is 4.39 Å². The Morgan fingerprint density at radius 1 is 1.25 bits per heavy atom. The highest BCUT2D eigenvalue weighted by atomic mass is 35.5. The molecule has 2 aromatic carbocycles. The maximum absolute atomic E-state index is 12.9. The normalized spacial score (nSPS) is 14.8. The Bertz CT molecular complexity index is 627. The molecule has 2 N–H and O–H groups in total. The van der Waals surface area contributed by atoms with Crippen molar-refractivity contribution in [2.24, 2.45) is 5.73 Å². The van der Waals surface area contributed by atoms with Crippen LogP contribution in [0.3, 0.4) is 0 Å². The largest absolute Gasteiger partial charge is 0.493 e. The van der Waals surface area contributed by atoms with Gasteiger partial charge in [-0.15, -0.1) is 0 Å². The fourth-order valence-corrected chi connectivity index (χ4v) is 2.83. The summed E-state index contributed by atoms with van der Waals surface area (Å²) in [6.45, 7) is 0.689. The van der Waals surface area contributed by atoms with E-state index in [0.29, 0.717) is 18.1 Å². The molecule has 0 bridgehead atoms. The number of benzene rings is 2. The van der Waals surface area contributed by atoms with Gasteiger partial charge in [-0.1, -0.05) is 23.7 Å². The molecule has 0 aromatic heterocycles. The molecule has 0 amide bonds. The number of rotatable bonds is 3. The molecule has 0 saturated carbocycles. The molecular formula is C16H15ClFNO. The van der Waals surface area contributed by atoms with Crippen molar-refractivity contribution in [1.29, 1.82) is 0 Å². The van der Waals surface area contributed by atoms with Crippen LogP contribution in [-0.2, 0) is 12.8 Å². The van der Waals surface area contributed by atoms with E-state index >= 15 is 0 Å². The minimum absolute atomic E-state index is 0.206. The second-order valence-corrected chi connectivity index (χ2v) is 5.45. The van der Waals surface area contributed by atoms with Gasteiger partial charge in [-0.25, -0.2) is 4.39 Å². The SMILES string of the molecule is NC(Cc1cc(Cl)cc2c1OCC2)c1ccc(F)cc1.